The van der Waals surface area contributed by atoms with Gasteiger partial charge in [-0.25, -0.2) is 22.0 Å². The zero-order valence-electron chi connectivity index (χ0n) is 33.1. The lowest BCUT2D eigenvalue weighted by Crippen LogP contribution is -2.50. The molecule has 0 aliphatic heterocycles. The van der Waals surface area contributed by atoms with E-state index >= 15 is 4.39 Å². The van der Waals surface area contributed by atoms with Crippen LogP contribution in [-0.2, 0) is 22.4 Å². The van der Waals surface area contributed by atoms with Crippen LogP contribution in [0.15, 0.2) is 128 Å². The molecule has 10 nitrogen and oxygen atoms in total. The highest BCUT2D eigenvalue weighted by Gasteiger charge is 2.31. The van der Waals surface area contributed by atoms with Gasteiger partial charge in [0.1, 0.15) is 52.7 Å². The highest BCUT2D eigenvalue weighted by Crippen LogP contribution is 2.24. The number of nitrogens with one attached hydrogen (secondary N) is 2. The van der Waals surface area contributed by atoms with E-state index in [4.69, 9.17) is 9.47 Å². The first-order valence-electron chi connectivity index (χ1n) is 18.7. The summed E-state index contributed by atoms with van der Waals surface area (Å²) >= 11 is 0. The van der Waals surface area contributed by atoms with Crippen molar-refractivity contribution in [1.82, 2.24) is 10.6 Å². The fraction of sp³-hybridized carbons (Fsp3) is 0.174. The molecule has 5 aromatic carbocycles. The summed E-state index contributed by atoms with van der Waals surface area (Å²) in [6.07, 6.45) is 2.02. The van der Waals surface area contributed by atoms with Crippen molar-refractivity contribution in [3.8, 4) is 11.5 Å². The Bertz CT molecular complexity index is 2370. The average Bonchev–Trinajstić information content (AvgIpc) is 3.23. The first kappa shape index (κ1) is 44.8. The van der Waals surface area contributed by atoms with Crippen molar-refractivity contribution in [2.45, 2.75) is 24.9 Å². The summed E-state index contributed by atoms with van der Waals surface area (Å²) in [5.74, 6) is -7.45. The van der Waals surface area contributed by atoms with Crippen LogP contribution in [-0.4, -0.2) is 63.0 Å². The van der Waals surface area contributed by atoms with Gasteiger partial charge in [0.25, 0.3) is 11.8 Å². The molecule has 0 bridgehead atoms. The van der Waals surface area contributed by atoms with E-state index in [0.29, 0.717) is 35.0 Å². The fourth-order valence-electron chi connectivity index (χ4n) is 6.45. The van der Waals surface area contributed by atoms with E-state index in [0.717, 1.165) is 42.5 Å². The minimum Gasteiger partial charge on any atom is -0.497 e. The molecule has 15 heteroatoms. The lowest BCUT2D eigenvalue weighted by atomic mass is 10.0. The number of benzene rings is 5. The van der Waals surface area contributed by atoms with E-state index in [9.17, 15) is 36.7 Å². The summed E-state index contributed by atoms with van der Waals surface area (Å²) in [5, 5.41) is 5.02. The zero-order chi connectivity index (χ0) is 44.2. The first-order chi connectivity index (χ1) is 29.2. The number of nitrogens with zero attached hydrogens (tertiary/aromatic N) is 2. The molecule has 2 N–H and O–H groups in total. The van der Waals surface area contributed by atoms with Gasteiger partial charge >= 0.3 is 0 Å². The van der Waals surface area contributed by atoms with Gasteiger partial charge in [0, 0.05) is 55.0 Å². The fourth-order valence-corrected chi connectivity index (χ4v) is 6.45. The van der Waals surface area contributed by atoms with E-state index < -0.39 is 83.2 Å². The molecule has 0 fully saturated rings. The summed E-state index contributed by atoms with van der Waals surface area (Å²) in [5.41, 5.74) is -0.262. The number of ether oxygens (including phenoxy) is 2. The summed E-state index contributed by atoms with van der Waals surface area (Å²) in [6, 6.07) is 17.7. The molecule has 0 saturated carbocycles. The summed E-state index contributed by atoms with van der Waals surface area (Å²) < 4.78 is 83.1. The summed E-state index contributed by atoms with van der Waals surface area (Å²) in [6.45, 7) is 7.30. The maximum atomic E-state index is 15.5. The molecule has 0 saturated heterocycles. The smallest absolute Gasteiger partial charge is 0.254 e. The Kier molecular flexibility index (Phi) is 15.1. The highest BCUT2D eigenvalue weighted by atomic mass is 19.1. The zero-order valence-corrected chi connectivity index (χ0v) is 33.1. The van der Waals surface area contributed by atoms with Crippen LogP contribution in [0.4, 0.5) is 33.3 Å². The molecule has 4 amide bonds. The van der Waals surface area contributed by atoms with Crippen molar-refractivity contribution in [2.24, 2.45) is 0 Å². The van der Waals surface area contributed by atoms with Crippen LogP contribution >= 0.6 is 0 Å². The SMILES string of the molecule is C=CCN(C(=O)[C@H](Cc1cc(F)cc(F)c1)NC(=O)c1ccc(F)c(C(=O)N[C@@H](Cc2cc(F)cc(F)c2)C(=O)N(CC=C)c2ccc(OC)cc2)c1)c1ccc(OC)cc1. The third-order valence-corrected chi connectivity index (χ3v) is 9.33. The largest absolute Gasteiger partial charge is 0.497 e. The molecule has 0 spiro atoms. The van der Waals surface area contributed by atoms with E-state index in [1.165, 1.54) is 36.2 Å². The van der Waals surface area contributed by atoms with Crippen LogP contribution in [0, 0.1) is 29.1 Å². The topological polar surface area (TPSA) is 117 Å². The predicted molar refractivity (Wildman–Crippen MR) is 220 cm³/mol. The second kappa shape index (κ2) is 20.6. The second-order valence-electron chi connectivity index (χ2n) is 13.6. The molecule has 0 aliphatic carbocycles. The van der Waals surface area contributed by atoms with Gasteiger partial charge in [0.15, 0.2) is 0 Å². The van der Waals surface area contributed by atoms with Gasteiger partial charge < -0.3 is 29.9 Å². The van der Waals surface area contributed by atoms with Crippen molar-refractivity contribution in [3.05, 3.63) is 180 Å². The minimum atomic E-state index is -1.55. The van der Waals surface area contributed by atoms with Crippen LogP contribution in [0.25, 0.3) is 0 Å². The van der Waals surface area contributed by atoms with Gasteiger partial charge in [-0.1, -0.05) is 12.2 Å². The quantitative estimate of drug-likeness (QED) is 0.0697. The molecule has 0 unspecified atom stereocenters. The number of carbonyl (C=O) groups is 4. The van der Waals surface area contributed by atoms with Gasteiger partial charge in [-0.15, -0.1) is 13.2 Å². The van der Waals surface area contributed by atoms with Crippen molar-refractivity contribution in [3.63, 3.8) is 0 Å². The molecule has 5 aromatic rings. The number of methoxy groups -OCH3 is 2. The van der Waals surface area contributed by atoms with E-state index in [1.807, 2.05) is 0 Å². The minimum absolute atomic E-state index is 0.00735. The Labute approximate surface area is 348 Å². The molecular formula is C46H41F5N4O6. The predicted octanol–water partition coefficient (Wildman–Crippen LogP) is 7.52. The molecule has 316 valence electrons. The van der Waals surface area contributed by atoms with Crippen molar-refractivity contribution >= 4 is 35.0 Å². The average molecular weight is 841 g/mol. The maximum absolute atomic E-state index is 15.5. The van der Waals surface area contributed by atoms with Crippen molar-refractivity contribution in [1.29, 1.82) is 0 Å². The maximum Gasteiger partial charge on any atom is 0.254 e. The third-order valence-electron chi connectivity index (χ3n) is 9.33. The van der Waals surface area contributed by atoms with Crippen LogP contribution in [0.1, 0.15) is 31.8 Å². The van der Waals surface area contributed by atoms with Crippen LogP contribution in [0.2, 0.25) is 0 Å². The Morgan fingerprint density at radius 2 is 0.967 bits per heavy atom. The first-order valence-corrected chi connectivity index (χ1v) is 18.7. The molecule has 61 heavy (non-hydrogen) atoms. The molecule has 2 atom stereocenters. The number of hydrogen-bond acceptors (Lipinski definition) is 6. The normalized spacial score (nSPS) is 11.7. The molecular weight excluding hydrogens is 800 g/mol. The van der Waals surface area contributed by atoms with Gasteiger partial charge in [-0.3, -0.25) is 19.2 Å². The Hall–Kier alpha value is -7.29. The summed E-state index contributed by atoms with van der Waals surface area (Å²) in [7, 11) is 2.92. The molecule has 0 heterocycles. The Morgan fingerprint density at radius 3 is 1.34 bits per heavy atom. The second-order valence-corrected chi connectivity index (χ2v) is 13.6. The Balaban J connectivity index is 1.47. The van der Waals surface area contributed by atoms with Crippen LogP contribution in [0.3, 0.4) is 0 Å². The van der Waals surface area contributed by atoms with Gasteiger partial charge in [0.05, 0.1) is 19.8 Å². The molecule has 5 rings (SSSR count). The van der Waals surface area contributed by atoms with Gasteiger partial charge in [-0.05, 0) is 102 Å². The van der Waals surface area contributed by atoms with Crippen molar-refractivity contribution in [2.75, 3.05) is 37.1 Å². The van der Waals surface area contributed by atoms with Crippen molar-refractivity contribution < 1.29 is 50.6 Å². The number of anilines is 2. The van der Waals surface area contributed by atoms with E-state index in [1.54, 1.807) is 48.5 Å². The lowest BCUT2D eigenvalue weighted by Gasteiger charge is -2.28. The summed E-state index contributed by atoms with van der Waals surface area (Å²) in [4.78, 5) is 58.7. The van der Waals surface area contributed by atoms with Gasteiger partial charge in [0.2, 0.25) is 11.8 Å². The molecule has 0 aromatic heterocycles. The van der Waals surface area contributed by atoms with E-state index in [-0.39, 0.29) is 29.8 Å². The Morgan fingerprint density at radius 1 is 0.574 bits per heavy atom. The van der Waals surface area contributed by atoms with Crippen LogP contribution in [0.5, 0.6) is 11.5 Å². The highest BCUT2D eigenvalue weighted by molar-refractivity contribution is 6.06. The number of carbonyl (C=O) groups excluding carboxylic acids is 4. The van der Waals surface area contributed by atoms with E-state index in [2.05, 4.69) is 23.8 Å². The monoisotopic (exact) mass is 840 g/mol. The van der Waals surface area contributed by atoms with Gasteiger partial charge in [-0.2, -0.15) is 0 Å². The third kappa shape index (κ3) is 11.7. The molecule has 0 aliphatic rings. The number of hydrogen-bond donors (Lipinski definition) is 2. The van der Waals surface area contributed by atoms with Crippen LogP contribution < -0.4 is 29.9 Å². The number of amides is 4. The molecule has 0 radical (unpaired) electrons. The standard InChI is InChI=1S/C46H41F5N4O6/c1-5-17-54(35-8-12-37(60-3)13-9-35)45(58)41(23-28-19-31(47)26-32(48)20-28)52-43(56)30-7-16-40(51)39(25-30)44(57)53-42(24-29-21-33(49)27-34(50)22-29)46(59)55(18-6-2)36-10-14-38(61-4)15-11-36/h5-16,19-22,25-27,41-42H,1-2,17-18,23-24H2,3-4H3,(H,52,56)(H,53,57)/t41-,42-/m0/s1. The number of rotatable bonds is 18. The number of halogens is 5. The lowest BCUT2D eigenvalue weighted by molar-refractivity contribution is -0.121.